The fourth-order valence-electron chi connectivity index (χ4n) is 2.44. The van der Waals surface area contributed by atoms with Gasteiger partial charge in [-0.05, 0) is 18.2 Å². The zero-order valence-corrected chi connectivity index (χ0v) is 15.3. The number of benzene rings is 2. The fraction of sp³-hybridized carbons (Fsp3) is 0.105. The number of para-hydroxylation sites is 1. The summed E-state index contributed by atoms with van der Waals surface area (Å²) in [6.07, 6.45) is 1.30. The number of nitrogens with zero attached hydrogens (tertiary/aromatic N) is 2. The third kappa shape index (κ3) is 5.04. The van der Waals surface area contributed by atoms with Crippen molar-refractivity contribution >= 4 is 46.6 Å². The summed E-state index contributed by atoms with van der Waals surface area (Å²) in [5, 5.41) is 21.8. The zero-order chi connectivity index (χ0) is 19.9. The lowest BCUT2D eigenvalue weighted by Gasteiger charge is -2.06. The van der Waals surface area contributed by atoms with E-state index in [1.54, 1.807) is 42.5 Å². The summed E-state index contributed by atoms with van der Waals surface area (Å²) in [6, 6.07) is 15.3. The molecule has 0 bridgehead atoms. The van der Waals surface area contributed by atoms with Crippen LogP contribution in [0.3, 0.4) is 0 Å². The van der Waals surface area contributed by atoms with Gasteiger partial charge in [-0.25, -0.2) is 4.79 Å². The summed E-state index contributed by atoms with van der Waals surface area (Å²) >= 11 is 1.10. The van der Waals surface area contributed by atoms with Crippen molar-refractivity contribution in [3.05, 3.63) is 65.7 Å². The molecule has 8 nitrogen and oxygen atoms in total. The number of aromatic carboxylic acids is 1. The summed E-state index contributed by atoms with van der Waals surface area (Å²) in [4.78, 5) is 35.3. The molecule has 0 radical (unpaired) electrons. The average Bonchev–Trinajstić information content (AvgIpc) is 3.02. The van der Waals surface area contributed by atoms with Gasteiger partial charge in [-0.15, -0.1) is 5.10 Å². The van der Waals surface area contributed by atoms with E-state index in [9.17, 15) is 14.4 Å². The molecule has 3 rings (SSSR count). The number of carboxylic acid groups (broad SMARTS) is 1. The molecule has 1 aliphatic heterocycles. The van der Waals surface area contributed by atoms with Gasteiger partial charge >= 0.3 is 5.97 Å². The van der Waals surface area contributed by atoms with Gasteiger partial charge in [0.05, 0.1) is 11.8 Å². The van der Waals surface area contributed by atoms with Crippen molar-refractivity contribution in [2.75, 3.05) is 5.32 Å². The van der Waals surface area contributed by atoms with Gasteiger partial charge in [0.1, 0.15) is 5.25 Å². The highest BCUT2D eigenvalue weighted by molar-refractivity contribution is 8.15. The monoisotopic (exact) mass is 396 g/mol. The smallest absolute Gasteiger partial charge is 0.336 e. The molecule has 9 heteroatoms. The van der Waals surface area contributed by atoms with E-state index in [1.165, 1.54) is 12.3 Å². The van der Waals surface area contributed by atoms with Crippen molar-refractivity contribution < 1.29 is 19.5 Å². The molecule has 2 aromatic rings. The lowest BCUT2D eigenvalue weighted by atomic mass is 10.1. The van der Waals surface area contributed by atoms with Crippen LogP contribution in [0.25, 0.3) is 0 Å². The number of thioether (sulfide) groups is 1. The Kier molecular flexibility index (Phi) is 6.18. The second-order valence-electron chi connectivity index (χ2n) is 5.76. The van der Waals surface area contributed by atoms with Crippen molar-refractivity contribution in [2.24, 2.45) is 10.2 Å². The van der Waals surface area contributed by atoms with Crippen LogP contribution < -0.4 is 10.6 Å². The summed E-state index contributed by atoms with van der Waals surface area (Å²) in [5.74, 6) is -1.67. The maximum atomic E-state index is 12.1. The van der Waals surface area contributed by atoms with E-state index in [0.717, 1.165) is 11.8 Å². The molecule has 0 saturated carbocycles. The minimum Gasteiger partial charge on any atom is -0.478 e. The number of amidine groups is 1. The number of rotatable bonds is 6. The number of anilines is 1. The zero-order valence-electron chi connectivity index (χ0n) is 14.5. The van der Waals surface area contributed by atoms with Crippen LogP contribution in [0.4, 0.5) is 5.69 Å². The van der Waals surface area contributed by atoms with Gasteiger partial charge < -0.3 is 15.7 Å². The van der Waals surface area contributed by atoms with Gasteiger partial charge in [-0.3, -0.25) is 9.59 Å². The molecule has 2 aromatic carbocycles. The van der Waals surface area contributed by atoms with E-state index in [1.807, 2.05) is 6.07 Å². The van der Waals surface area contributed by atoms with Crippen LogP contribution in [0.1, 0.15) is 22.3 Å². The minimum absolute atomic E-state index is 0.00399. The van der Waals surface area contributed by atoms with Gasteiger partial charge in [0.2, 0.25) is 11.8 Å². The molecule has 3 N–H and O–H groups in total. The van der Waals surface area contributed by atoms with E-state index in [2.05, 4.69) is 20.8 Å². The number of hydrogen-bond donors (Lipinski definition) is 3. The van der Waals surface area contributed by atoms with Crippen LogP contribution in [0, 0.1) is 0 Å². The summed E-state index contributed by atoms with van der Waals surface area (Å²) in [6.45, 7) is 0. The normalized spacial score (nSPS) is 17.6. The lowest BCUT2D eigenvalue weighted by Crippen LogP contribution is -2.28. The largest absolute Gasteiger partial charge is 0.478 e. The molecule has 1 unspecified atom stereocenters. The van der Waals surface area contributed by atoms with E-state index in [0.29, 0.717) is 11.3 Å². The van der Waals surface area contributed by atoms with Crippen molar-refractivity contribution in [3.8, 4) is 0 Å². The molecule has 2 amide bonds. The molecule has 0 aromatic heterocycles. The van der Waals surface area contributed by atoms with E-state index in [-0.39, 0.29) is 29.0 Å². The molecule has 1 atom stereocenters. The number of carboxylic acids is 1. The van der Waals surface area contributed by atoms with E-state index >= 15 is 0 Å². The van der Waals surface area contributed by atoms with Crippen LogP contribution in [0.5, 0.6) is 0 Å². The molecule has 0 spiro atoms. The number of amides is 2. The first-order valence-electron chi connectivity index (χ1n) is 8.28. The molecular formula is C19H16N4O4S. The Balaban J connectivity index is 1.59. The fourth-order valence-corrected chi connectivity index (χ4v) is 3.36. The van der Waals surface area contributed by atoms with Crippen LogP contribution in [0.2, 0.25) is 0 Å². The average molecular weight is 396 g/mol. The molecule has 0 aliphatic carbocycles. The first-order chi connectivity index (χ1) is 13.5. The van der Waals surface area contributed by atoms with E-state index < -0.39 is 11.2 Å². The maximum absolute atomic E-state index is 12.1. The van der Waals surface area contributed by atoms with Crippen LogP contribution in [-0.2, 0) is 9.59 Å². The highest BCUT2D eigenvalue weighted by Gasteiger charge is 2.32. The predicted octanol–water partition coefficient (Wildman–Crippen LogP) is 2.34. The van der Waals surface area contributed by atoms with Gasteiger partial charge in [0.15, 0.2) is 5.17 Å². The topological polar surface area (TPSA) is 120 Å². The molecule has 28 heavy (non-hydrogen) atoms. The van der Waals surface area contributed by atoms with Crippen LogP contribution >= 0.6 is 11.8 Å². The van der Waals surface area contributed by atoms with Gasteiger partial charge in [0, 0.05) is 17.7 Å². The molecular weight excluding hydrogens is 380 g/mol. The van der Waals surface area contributed by atoms with Crippen molar-refractivity contribution in [2.45, 2.75) is 11.7 Å². The van der Waals surface area contributed by atoms with Gasteiger partial charge in [0.25, 0.3) is 0 Å². The van der Waals surface area contributed by atoms with Crippen molar-refractivity contribution in [1.82, 2.24) is 5.32 Å². The number of nitrogens with one attached hydrogen (secondary N) is 2. The third-order valence-electron chi connectivity index (χ3n) is 3.74. The number of carbonyl (C=O) groups is 3. The van der Waals surface area contributed by atoms with Crippen molar-refractivity contribution in [3.63, 3.8) is 0 Å². The Labute approximate surface area is 164 Å². The summed E-state index contributed by atoms with van der Waals surface area (Å²) in [7, 11) is 0. The standard InChI is InChI=1S/C19H16N4O4S/c24-16(21-13-7-2-1-3-8-13)10-15-17(25)22-19(28-15)23-20-11-12-6-4-5-9-14(12)18(26)27/h1-9,11,15H,10H2,(H,21,24)(H,26,27)(H,22,23,25)/b20-11+. The minimum atomic E-state index is -1.07. The van der Waals surface area contributed by atoms with Crippen LogP contribution in [-0.4, -0.2) is 39.5 Å². The van der Waals surface area contributed by atoms with Crippen molar-refractivity contribution in [1.29, 1.82) is 0 Å². The highest BCUT2D eigenvalue weighted by atomic mass is 32.2. The molecule has 1 aliphatic rings. The third-order valence-corrected chi connectivity index (χ3v) is 4.81. The lowest BCUT2D eigenvalue weighted by molar-refractivity contribution is -0.122. The maximum Gasteiger partial charge on any atom is 0.336 e. The SMILES string of the molecule is O=C(CC1S/C(=N\N=C\c2ccccc2C(=O)O)NC1=O)Nc1ccccc1. The molecule has 1 saturated heterocycles. The Hall–Kier alpha value is -3.46. The predicted molar refractivity (Wildman–Crippen MR) is 108 cm³/mol. The van der Waals surface area contributed by atoms with E-state index in [4.69, 9.17) is 5.11 Å². The Morgan fingerprint density at radius 3 is 2.61 bits per heavy atom. The Bertz CT molecular complexity index is 959. The molecule has 1 heterocycles. The van der Waals surface area contributed by atoms with Crippen LogP contribution in [0.15, 0.2) is 64.8 Å². The first-order valence-corrected chi connectivity index (χ1v) is 9.16. The Morgan fingerprint density at radius 2 is 1.86 bits per heavy atom. The molecule has 1 fully saturated rings. The Morgan fingerprint density at radius 1 is 1.14 bits per heavy atom. The number of carbonyl (C=O) groups excluding carboxylic acids is 2. The second-order valence-corrected chi connectivity index (χ2v) is 6.95. The summed E-state index contributed by atoms with van der Waals surface area (Å²) < 4.78 is 0. The summed E-state index contributed by atoms with van der Waals surface area (Å²) in [5.41, 5.74) is 1.16. The van der Waals surface area contributed by atoms with Gasteiger partial charge in [-0.2, -0.15) is 5.10 Å². The van der Waals surface area contributed by atoms with Gasteiger partial charge in [-0.1, -0.05) is 48.2 Å². The number of hydrogen-bond acceptors (Lipinski definition) is 6. The molecule has 142 valence electrons. The highest BCUT2D eigenvalue weighted by Crippen LogP contribution is 2.23. The quantitative estimate of drug-likeness (QED) is 0.511. The first kappa shape index (κ1) is 19.3. The second kappa shape index (κ2) is 8.96.